The van der Waals surface area contributed by atoms with Gasteiger partial charge in [0, 0.05) is 26.1 Å². The van der Waals surface area contributed by atoms with Crippen molar-refractivity contribution >= 4 is 11.6 Å². The number of hydrogen-bond donors (Lipinski definition) is 1. The molecule has 0 radical (unpaired) electrons. The van der Waals surface area contributed by atoms with Gasteiger partial charge >= 0.3 is 0 Å². The predicted molar refractivity (Wildman–Crippen MR) is 87.9 cm³/mol. The highest BCUT2D eigenvalue weighted by Gasteiger charge is 2.11. The summed E-state index contributed by atoms with van der Waals surface area (Å²) in [5.74, 6) is 1.06. The van der Waals surface area contributed by atoms with Gasteiger partial charge in [0.05, 0.1) is 12.3 Å². The van der Waals surface area contributed by atoms with Crippen LogP contribution in [-0.2, 0) is 4.79 Å². The third-order valence-electron chi connectivity index (χ3n) is 3.18. The van der Waals surface area contributed by atoms with Crippen LogP contribution in [0.15, 0.2) is 24.3 Å². The van der Waals surface area contributed by atoms with Crippen LogP contribution in [0.4, 0.5) is 5.69 Å². The molecule has 0 saturated carbocycles. The minimum atomic E-state index is 0.222. The third kappa shape index (κ3) is 6.06. The normalized spacial score (nSPS) is 10.2. The molecule has 0 bridgehead atoms. The summed E-state index contributed by atoms with van der Waals surface area (Å²) in [5.41, 5.74) is 0.949. The molecule has 118 valence electrons. The zero-order chi connectivity index (χ0) is 15.5. The highest BCUT2D eigenvalue weighted by molar-refractivity contribution is 5.76. The summed E-state index contributed by atoms with van der Waals surface area (Å²) in [4.78, 5) is 14.1. The first-order valence-corrected chi connectivity index (χ1v) is 7.96. The van der Waals surface area contributed by atoms with Crippen molar-refractivity contribution in [1.29, 1.82) is 0 Å². The molecule has 1 amide bonds. The highest BCUT2D eigenvalue weighted by Crippen LogP contribution is 2.23. The summed E-state index contributed by atoms with van der Waals surface area (Å²) in [5, 5.41) is 3.30. The number of para-hydroxylation sites is 2. The minimum Gasteiger partial charge on any atom is -0.492 e. The van der Waals surface area contributed by atoms with E-state index in [1.54, 1.807) is 0 Å². The zero-order valence-electron chi connectivity index (χ0n) is 13.5. The fraction of sp³-hybridized carbons (Fsp3) is 0.588. The van der Waals surface area contributed by atoms with Crippen LogP contribution in [0.2, 0.25) is 0 Å². The van der Waals surface area contributed by atoms with Crippen LogP contribution in [0.5, 0.6) is 5.75 Å². The second-order valence-corrected chi connectivity index (χ2v) is 4.99. The Kier molecular flexibility index (Phi) is 8.32. The van der Waals surface area contributed by atoms with Crippen LogP contribution in [0, 0.1) is 0 Å². The lowest BCUT2D eigenvalue weighted by molar-refractivity contribution is -0.131. The van der Waals surface area contributed by atoms with Gasteiger partial charge < -0.3 is 15.0 Å². The largest absolute Gasteiger partial charge is 0.492 e. The Morgan fingerprint density at radius 2 is 1.81 bits per heavy atom. The molecule has 4 heteroatoms. The number of anilines is 1. The van der Waals surface area contributed by atoms with E-state index in [2.05, 4.69) is 19.2 Å². The van der Waals surface area contributed by atoms with Gasteiger partial charge in [0.1, 0.15) is 5.75 Å². The van der Waals surface area contributed by atoms with Gasteiger partial charge in [0.2, 0.25) is 5.91 Å². The van der Waals surface area contributed by atoms with Gasteiger partial charge in [-0.3, -0.25) is 4.79 Å². The number of amides is 1. The molecule has 0 atom stereocenters. The summed E-state index contributed by atoms with van der Waals surface area (Å²) >= 11 is 0. The molecule has 0 aromatic heterocycles. The molecule has 0 aliphatic heterocycles. The summed E-state index contributed by atoms with van der Waals surface area (Å²) in [6.07, 6.45) is 2.53. The fourth-order valence-corrected chi connectivity index (χ4v) is 2.26. The maximum absolute atomic E-state index is 12.2. The van der Waals surface area contributed by atoms with E-state index in [1.165, 1.54) is 0 Å². The van der Waals surface area contributed by atoms with Gasteiger partial charge in [0.15, 0.2) is 0 Å². The number of benzene rings is 1. The number of rotatable bonds is 10. The van der Waals surface area contributed by atoms with Crippen molar-refractivity contribution in [2.24, 2.45) is 0 Å². The van der Waals surface area contributed by atoms with Crippen LogP contribution in [0.25, 0.3) is 0 Å². The molecule has 1 aromatic carbocycles. The number of hydrogen-bond acceptors (Lipinski definition) is 3. The van der Waals surface area contributed by atoms with E-state index in [0.717, 1.165) is 37.4 Å². The first-order chi connectivity index (χ1) is 10.2. The van der Waals surface area contributed by atoms with Gasteiger partial charge in [-0.1, -0.05) is 26.0 Å². The molecule has 0 unspecified atom stereocenters. The van der Waals surface area contributed by atoms with E-state index in [9.17, 15) is 4.79 Å². The van der Waals surface area contributed by atoms with Crippen LogP contribution in [0.1, 0.15) is 40.0 Å². The van der Waals surface area contributed by atoms with Gasteiger partial charge in [-0.15, -0.1) is 0 Å². The van der Waals surface area contributed by atoms with E-state index in [-0.39, 0.29) is 5.91 Å². The monoisotopic (exact) mass is 292 g/mol. The molecule has 1 aromatic rings. The molecule has 4 nitrogen and oxygen atoms in total. The average Bonchev–Trinajstić information content (AvgIpc) is 2.49. The summed E-state index contributed by atoms with van der Waals surface area (Å²) < 4.78 is 5.56. The van der Waals surface area contributed by atoms with Crippen molar-refractivity contribution < 1.29 is 9.53 Å². The molecule has 0 fully saturated rings. The quantitative estimate of drug-likeness (QED) is 0.717. The second kappa shape index (κ2) is 10.1. The van der Waals surface area contributed by atoms with E-state index < -0.39 is 0 Å². The number of carbonyl (C=O) groups is 1. The third-order valence-corrected chi connectivity index (χ3v) is 3.18. The van der Waals surface area contributed by atoms with Gasteiger partial charge in [-0.05, 0) is 31.9 Å². The van der Waals surface area contributed by atoms with Crippen molar-refractivity contribution in [2.45, 2.75) is 40.0 Å². The maximum atomic E-state index is 12.2. The number of nitrogens with one attached hydrogen (secondary N) is 1. The Bertz CT molecular complexity index is 415. The topological polar surface area (TPSA) is 41.6 Å². The van der Waals surface area contributed by atoms with Gasteiger partial charge in [-0.25, -0.2) is 0 Å². The molecule has 21 heavy (non-hydrogen) atoms. The van der Waals surface area contributed by atoms with Crippen molar-refractivity contribution in [3.63, 3.8) is 0 Å². The first-order valence-electron chi connectivity index (χ1n) is 7.96. The summed E-state index contributed by atoms with van der Waals surface area (Å²) in [6.45, 7) is 9.14. The lowest BCUT2D eigenvalue weighted by Crippen LogP contribution is -2.33. The molecular weight excluding hydrogens is 264 g/mol. The number of nitrogens with zero attached hydrogens (tertiary/aromatic N) is 1. The molecule has 0 saturated heterocycles. The van der Waals surface area contributed by atoms with E-state index in [0.29, 0.717) is 19.6 Å². The molecular formula is C17H28N2O2. The Hall–Kier alpha value is -1.71. The summed E-state index contributed by atoms with van der Waals surface area (Å²) in [7, 11) is 0. The van der Waals surface area contributed by atoms with Crippen LogP contribution >= 0.6 is 0 Å². The molecule has 0 spiro atoms. The van der Waals surface area contributed by atoms with Crippen molar-refractivity contribution in [3.05, 3.63) is 24.3 Å². The zero-order valence-corrected chi connectivity index (χ0v) is 13.5. The Morgan fingerprint density at radius 1 is 1.14 bits per heavy atom. The molecule has 0 aliphatic carbocycles. The van der Waals surface area contributed by atoms with E-state index in [1.807, 2.05) is 36.1 Å². The van der Waals surface area contributed by atoms with E-state index >= 15 is 0 Å². The maximum Gasteiger partial charge on any atom is 0.224 e. The molecule has 1 rings (SSSR count). The van der Waals surface area contributed by atoms with Crippen LogP contribution in [0.3, 0.4) is 0 Å². The summed E-state index contributed by atoms with van der Waals surface area (Å²) in [6, 6.07) is 7.83. The van der Waals surface area contributed by atoms with Crippen LogP contribution in [-0.4, -0.2) is 37.0 Å². The Labute approximate surface area is 128 Å². The predicted octanol–water partition coefficient (Wildman–Crippen LogP) is 3.54. The first kappa shape index (κ1) is 17.3. The highest BCUT2D eigenvalue weighted by atomic mass is 16.5. The fourth-order valence-electron chi connectivity index (χ4n) is 2.26. The van der Waals surface area contributed by atoms with Crippen molar-refractivity contribution in [2.75, 3.05) is 31.6 Å². The lowest BCUT2D eigenvalue weighted by atomic mass is 10.2. The number of ether oxygens (including phenoxy) is 1. The lowest BCUT2D eigenvalue weighted by Gasteiger charge is -2.21. The SMILES string of the molecule is CCCN(CCC)C(=O)CCNc1ccccc1OCC. The van der Waals surface area contributed by atoms with Crippen molar-refractivity contribution in [3.8, 4) is 5.75 Å². The second-order valence-electron chi connectivity index (χ2n) is 4.99. The van der Waals surface area contributed by atoms with Gasteiger partial charge in [-0.2, -0.15) is 0 Å². The number of carbonyl (C=O) groups excluding carboxylic acids is 1. The Balaban J connectivity index is 2.46. The smallest absolute Gasteiger partial charge is 0.224 e. The molecule has 1 N–H and O–H groups in total. The van der Waals surface area contributed by atoms with Crippen molar-refractivity contribution in [1.82, 2.24) is 4.90 Å². The standard InChI is InChI=1S/C17H28N2O2/c1-4-13-19(14-5-2)17(20)11-12-18-15-9-7-8-10-16(15)21-6-3/h7-10,18H,4-6,11-14H2,1-3H3. The minimum absolute atomic E-state index is 0.222. The Morgan fingerprint density at radius 3 is 2.43 bits per heavy atom. The van der Waals surface area contributed by atoms with Crippen LogP contribution < -0.4 is 10.1 Å². The van der Waals surface area contributed by atoms with Gasteiger partial charge in [0.25, 0.3) is 0 Å². The molecule has 0 heterocycles. The molecule has 0 aliphatic rings. The van der Waals surface area contributed by atoms with E-state index in [4.69, 9.17) is 4.74 Å². The average molecular weight is 292 g/mol.